The van der Waals surface area contributed by atoms with Crippen LogP contribution in [0.25, 0.3) is 0 Å². The number of methoxy groups -OCH3 is 1. The average Bonchev–Trinajstić information content (AvgIpc) is 2.54. The quantitative estimate of drug-likeness (QED) is 0.400. The van der Waals surface area contributed by atoms with Gasteiger partial charge in [0.1, 0.15) is 5.75 Å². The topological polar surface area (TPSA) is 79.9 Å². The Bertz CT molecular complexity index is 615. The Hall–Kier alpha value is -1.80. The van der Waals surface area contributed by atoms with E-state index in [0.717, 1.165) is 22.6 Å². The number of aliphatic imine (C=N–C) groups is 1. The molecule has 0 saturated heterocycles. The van der Waals surface area contributed by atoms with Gasteiger partial charge in [0.05, 0.1) is 20.3 Å². The lowest BCUT2D eigenvalue weighted by molar-refractivity contribution is 0.280. The molecule has 0 radical (unpaired) electrons. The van der Waals surface area contributed by atoms with Gasteiger partial charge < -0.3 is 20.9 Å². The molecule has 0 saturated carbocycles. The molecule has 0 aliphatic heterocycles. The highest BCUT2D eigenvalue weighted by atomic mass is 127. The van der Waals surface area contributed by atoms with Crippen LogP contribution in [0.1, 0.15) is 11.1 Å². The van der Waals surface area contributed by atoms with Crippen molar-refractivity contribution in [2.45, 2.75) is 13.2 Å². The molecule has 5 nitrogen and oxygen atoms in total. The van der Waals surface area contributed by atoms with Crippen LogP contribution < -0.4 is 15.8 Å². The molecule has 0 aliphatic carbocycles. The number of rotatable bonds is 5. The summed E-state index contributed by atoms with van der Waals surface area (Å²) in [5.41, 5.74) is 8.52. The highest BCUT2D eigenvalue weighted by molar-refractivity contribution is 14.0. The summed E-state index contributed by atoms with van der Waals surface area (Å²) in [5, 5.41) is 12.3. The zero-order chi connectivity index (χ0) is 15.1. The number of ether oxygens (including phenoxy) is 1. The van der Waals surface area contributed by atoms with Crippen molar-refractivity contribution in [2.24, 2.45) is 10.7 Å². The normalized spacial score (nSPS) is 10.7. The first-order valence-corrected chi connectivity index (χ1v) is 6.61. The van der Waals surface area contributed by atoms with Gasteiger partial charge in [-0.3, -0.25) is 0 Å². The summed E-state index contributed by atoms with van der Waals surface area (Å²) in [4.78, 5) is 4.28. The van der Waals surface area contributed by atoms with Gasteiger partial charge in [0.25, 0.3) is 0 Å². The zero-order valence-electron chi connectivity index (χ0n) is 12.3. The van der Waals surface area contributed by atoms with Crippen molar-refractivity contribution in [2.75, 3.05) is 12.4 Å². The second-order valence-corrected chi connectivity index (χ2v) is 4.48. The third kappa shape index (κ3) is 5.19. The number of nitrogens with one attached hydrogen (secondary N) is 1. The summed E-state index contributed by atoms with van der Waals surface area (Å²) in [6, 6.07) is 15.0. The van der Waals surface area contributed by atoms with Crippen LogP contribution in [0.2, 0.25) is 0 Å². The van der Waals surface area contributed by atoms with Crippen molar-refractivity contribution >= 4 is 35.6 Å². The largest absolute Gasteiger partial charge is 0.497 e. The predicted molar refractivity (Wildman–Crippen MR) is 99.7 cm³/mol. The molecule has 0 atom stereocenters. The number of benzene rings is 2. The first-order valence-electron chi connectivity index (χ1n) is 6.61. The molecule has 0 amide bonds. The molecule has 0 bridgehead atoms. The Morgan fingerprint density at radius 3 is 2.36 bits per heavy atom. The number of aliphatic hydroxyl groups excluding tert-OH is 1. The zero-order valence-corrected chi connectivity index (χ0v) is 14.7. The molecular formula is C16H20IN3O2. The Kier molecular flexibility index (Phi) is 7.69. The van der Waals surface area contributed by atoms with E-state index in [1.807, 2.05) is 48.5 Å². The first-order chi connectivity index (χ1) is 10.2. The van der Waals surface area contributed by atoms with E-state index in [2.05, 4.69) is 10.3 Å². The number of halogens is 1. The molecule has 0 aromatic heterocycles. The van der Waals surface area contributed by atoms with Crippen LogP contribution in [-0.2, 0) is 13.2 Å². The van der Waals surface area contributed by atoms with Gasteiger partial charge in [0, 0.05) is 5.69 Å². The average molecular weight is 413 g/mol. The number of anilines is 1. The summed E-state index contributed by atoms with van der Waals surface area (Å²) in [7, 11) is 1.62. The van der Waals surface area contributed by atoms with E-state index in [-0.39, 0.29) is 30.6 Å². The van der Waals surface area contributed by atoms with Crippen molar-refractivity contribution in [3.63, 3.8) is 0 Å². The minimum Gasteiger partial charge on any atom is -0.497 e. The predicted octanol–water partition coefficient (Wildman–Crippen LogP) is 2.73. The van der Waals surface area contributed by atoms with Crippen molar-refractivity contribution in [1.29, 1.82) is 0 Å². The minimum absolute atomic E-state index is 0. The summed E-state index contributed by atoms with van der Waals surface area (Å²) < 4.78 is 5.09. The van der Waals surface area contributed by atoms with Gasteiger partial charge >= 0.3 is 0 Å². The summed E-state index contributed by atoms with van der Waals surface area (Å²) >= 11 is 0. The third-order valence-corrected chi connectivity index (χ3v) is 3.07. The minimum atomic E-state index is -0.00247. The van der Waals surface area contributed by atoms with Crippen LogP contribution in [0.15, 0.2) is 53.5 Å². The summed E-state index contributed by atoms with van der Waals surface area (Å²) in [6.07, 6.45) is 0. The molecule has 4 N–H and O–H groups in total. The monoisotopic (exact) mass is 413 g/mol. The van der Waals surface area contributed by atoms with Crippen LogP contribution in [0, 0.1) is 0 Å². The van der Waals surface area contributed by atoms with Crippen molar-refractivity contribution in [3.05, 3.63) is 59.7 Å². The number of hydrogen-bond donors (Lipinski definition) is 3. The molecule has 118 valence electrons. The fourth-order valence-corrected chi connectivity index (χ4v) is 1.90. The Morgan fingerprint density at radius 1 is 1.14 bits per heavy atom. The van der Waals surface area contributed by atoms with Gasteiger partial charge in [0.2, 0.25) is 0 Å². The Balaban J connectivity index is 0.00000242. The van der Waals surface area contributed by atoms with Gasteiger partial charge in [-0.1, -0.05) is 24.3 Å². The smallest absolute Gasteiger partial charge is 0.193 e. The number of nitrogens with zero attached hydrogens (tertiary/aromatic N) is 1. The molecule has 0 fully saturated rings. The van der Waals surface area contributed by atoms with Gasteiger partial charge in [-0.2, -0.15) is 0 Å². The van der Waals surface area contributed by atoms with Crippen molar-refractivity contribution in [1.82, 2.24) is 0 Å². The van der Waals surface area contributed by atoms with E-state index in [1.165, 1.54) is 0 Å². The summed E-state index contributed by atoms with van der Waals surface area (Å²) in [5.74, 6) is 1.11. The number of aliphatic hydroxyl groups is 1. The SMILES string of the molecule is COc1ccc(NC(N)=NCc2ccccc2CO)cc1.I. The molecule has 2 aromatic rings. The molecule has 22 heavy (non-hydrogen) atoms. The number of nitrogens with two attached hydrogens (primary N) is 1. The first kappa shape index (κ1) is 18.2. The number of hydrogen-bond acceptors (Lipinski definition) is 3. The molecule has 0 aliphatic rings. The van der Waals surface area contributed by atoms with E-state index >= 15 is 0 Å². The van der Waals surface area contributed by atoms with Crippen LogP contribution in [-0.4, -0.2) is 18.2 Å². The van der Waals surface area contributed by atoms with Gasteiger partial charge in [-0.05, 0) is 35.4 Å². The van der Waals surface area contributed by atoms with Gasteiger partial charge in [-0.25, -0.2) is 4.99 Å². The van der Waals surface area contributed by atoms with E-state index < -0.39 is 0 Å². The molecule has 2 aromatic carbocycles. The van der Waals surface area contributed by atoms with Crippen LogP contribution in [0.3, 0.4) is 0 Å². The molecule has 6 heteroatoms. The van der Waals surface area contributed by atoms with Crippen LogP contribution in [0.4, 0.5) is 5.69 Å². The second kappa shape index (κ2) is 9.26. The lowest BCUT2D eigenvalue weighted by Gasteiger charge is -2.08. The van der Waals surface area contributed by atoms with E-state index in [9.17, 15) is 5.11 Å². The lowest BCUT2D eigenvalue weighted by Crippen LogP contribution is -2.22. The lowest BCUT2D eigenvalue weighted by atomic mass is 10.1. The molecular weight excluding hydrogens is 393 g/mol. The van der Waals surface area contributed by atoms with Gasteiger partial charge in [-0.15, -0.1) is 24.0 Å². The van der Waals surface area contributed by atoms with Crippen LogP contribution >= 0.6 is 24.0 Å². The Morgan fingerprint density at radius 2 is 1.77 bits per heavy atom. The molecule has 0 spiro atoms. The van der Waals surface area contributed by atoms with Crippen LogP contribution in [0.5, 0.6) is 5.75 Å². The van der Waals surface area contributed by atoms with Gasteiger partial charge in [0.15, 0.2) is 5.96 Å². The maximum Gasteiger partial charge on any atom is 0.193 e. The molecule has 0 unspecified atom stereocenters. The van der Waals surface area contributed by atoms with E-state index in [4.69, 9.17) is 10.5 Å². The third-order valence-electron chi connectivity index (χ3n) is 3.07. The fraction of sp³-hybridized carbons (Fsp3) is 0.188. The maximum atomic E-state index is 9.26. The van der Waals surface area contributed by atoms with Crippen molar-refractivity contribution in [3.8, 4) is 5.75 Å². The second-order valence-electron chi connectivity index (χ2n) is 4.48. The maximum absolute atomic E-state index is 9.26. The molecule has 0 heterocycles. The van der Waals surface area contributed by atoms with Crippen molar-refractivity contribution < 1.29 is 9.84 Å². The highest BCUT2D eigenvalue weighted by Gasteiger charge is 2.00. The summed E-state index contributed by atoms with van der Waals surface area (Å²) in [6.45, 7) is 0.420. The standard InChI is InChI=1S/C16H19N3O2.HI/c1-21-15-8-6-14(7-9-15)19-16(17)18-10-12-4-2-3-5-13(12)11-20;/h2-9,20H,10-11H2,1H3,(H3,17,18,19);1H. The van der Waals surface area contributed by atoms with E-state index in [1.54, 1.807) is 7.11 Å². The Labute approximate surface area is 147 Å². The molecule has 2 rings (SSSR count). The van der Waals surface area contributed by atoms with E-state index in [0.29, 0.717) is 12.5 Å². The highest BCUT2D eigenvalue weighted by Crippen LogP contribution is 2.15. The number of guanidine groups is 1. The fourth-order valence-electron chi connectivity index (χ4n) is 1.90.